The standard InChI is InChI=1S/C21H27N5O2/c1-2-22-21(27)23-16-9-7-15(8-10-16)19-24-18-6-4-3-5-17(18)20(25-19)26-11-13-28-14-12-26/h7-10H,2-6,11-14H2,1H3,(H2,22,23,27). The van der Waals surface area contributed by atoms with E-state index in [1.165, 1.54) is 24.1 Å². The van der Waals surface area contributed by atoms with Gasteiger partial charge >= 0.3 is 6.03 Å². The molecule has 1 aromatic heterocycles. The highest BCUT2D eigenvalue weighted by atomic mass is 16.5. The fourth-order valence-corrected chi connectivity index (χ4v) is 3.78. The van der Waals surface area contributed by atoms with Gasteiger partial charge in [-0.3, -0.25) is 0 Å². The highest BCUT2D eigenvalue weighted by Gasteiger charge is 2.23. The molecule has 7 heteroatoms. The lowest BCUT2D eigenvalue weighted by Gasteiger charge is -2.31. The summed E-state index contributed by atoms with van der Waals surface area (Å²) >= 11 is 0. The number of rotatable bonds is 4. The van der Waals surface area contributed by atoms with Crippen molar-refractivity contribution < 1.29 is 9.53 Å². The monoisotopic (exact) mass is 381 g/mol. The third-order valence-corrected chi connectivity index (χ3v) is 5.21. The molecular weight excluding hydrogens is 354 g/mol. The van der Waals surface area contributed by atoms with Crippen molar-refractivity contribution >= 4 is 17.5 Å². The Morgan fingerprint density at radius 3 is 2.61 bits per heavy atom. The Balaban J connectivity index is 1.63. The van der Waals surface area contributed by atoms with Gasteiger partial charge in [0.1, 0.15) is 5.82 Å². The van der Waals surface area contributed by atoms with Gasteiger partial charge in [-0.15, -0.1) is 0 Å². The molecule has 0 bridgehead atoms. The van der Waals surface area contributed by atoms with Crippen molar-refractivity contribution in [2.75, 3.05) is 43.1 Å². The van der Waals surface area contributed by atoms with Crippen LogP contribution in [0.2, 0.25) is 0 Å². The van der Waals surface area contributed by atoms with Gasteiger partial charge < -0.3 is 20.3 Å². The number of carbonyl (C=O) groups is 1. The molecule has 0 spiro atoms. The molecule has 148 valence electrons. The van der Waals surface area contributed by atoms with E-state index >= 15 is 0 Å². The molecule has 4 rings (SSSR count). The first kappa shape index (κ1) is 18.7. The molecule has 28 heavy (non-hydrogen) atoms. The van der Waals surface area contributed by atoms with Gasteiger partial charge in [0.2, 0.25) is 0 Å². The molecule has 1 saturated heterocycles. The molecule has 1 aliphatic heterocycles. The predicted octanol–water partition coefficient (Wildman–Crippen LogP) is 3.00. The van der Waals surface area contributed by atoms with Crippen molar-refractivity contribution in [3.63, 3.8) is 0 Å². The number of nitrogens with zero attached hydrogens (tertiary/aromatic N) is 3. The summed E-state index contributed by atoms with van der Waals surface area (Å²) in [6.45, 7) is 5.72. The minimum absolute atomic E-state index is 0.199. The number of anilines is 2. The molecule has 0 radical (unpaired) electrons. The van der Waals surface area contributed by atoms with Crippen molar-refractivity contribution in [2.45, 2.75) is 32.6 Å². The average Bonchev–Trinajstić information content (AvgIpc) is 2.74. The van der Waals surface area contributed by atoms with Crippen LogP contribution in [-0.4, -0.2) is 48.8 Å². The van der Waals surface area contributed by atoms with Crippen LogP contribution in [0, 0.1) is 0 Å². The summed E-state index contributed by atoms with van der Waals surface area (Å²) in [5.41, 5.74) is 4.21. The number of morpholine rings is 1. The quantitative estimate of drug-likeness (QED) is 0.851. The van der Waals surface area contributed by atoms with Gasteiger partial charge in [0.05, 0.1) is 13.2 Å². The maximum atomic E-state index is 11.7. The smallest absolute Gasteiger partial charge is 0.319 e. The number of ether oxygens (including phenoxy) is 1. The maximum absolute atomic E-state index is 11.7. The van der Waals surface area contributed by atoms with Crippen LogP contribution in [0.3, 0.4) is 0 Å². The number of aromatic nitrogens is 2. The number of carbonyl (C=O) groups excluding carboxylic acids is 1. The Bertz CT molecular complexity index is 831. The Morgan fingerprint density at radius 2 is 1.86 bits per heavy atom. The second-order valence-corrected chi connectivity index (χ2v) is 7.16. The van der Waals surface area contributed by atoms with E-state index in [4.69, 9.17) is 14.7 Å². The number of hydrogen-bond acceptors (Lipinski definition) is 5. The summed E-state index contributed by atoms with van der Waals surface area (Å²) in [5, 5.41) is 5.55. The first-order valence-corrected chi connectivity index (χ1v) is 10.1. The normalized spacial score (nSPS) is 16.4. The van der Waals surface area contributed by atoms with Gasteiger partial charge in [0.15, 0.2) is 5.82 Å². The number of urea groups is 1. The molecule has 0 saturated carbocycles. The first-order valence-electron chi connectivity index (χ1n) is 10.1. The summed E-state index contributed by atoms with van der Waals surface area (Å²) in [6, 6.07) is 7.52. The molecule has 2 amide bonds. The zero-order valence-corrected chi connectivity index (χ0v) is 16.3. The fourth-order valence-electron chi connectivity index (χ4n) is 3.78. The summed E-state index contributed by atoms with van der Waals surface area (Å²) in [6.07, 6.45) is 4.45. The molecule has 2 aromatic rings. The molecule has 2 heterocycles. The van der Waals surface area contributed by atoms with Crippen molar-refractivity contribution in [2.24, 2.45) is 0 Å². The Kier molecular flexibility index (Phi) is 5.71. The van der Waals surface area contributed by atoms with Crippen LogP contribution in [-0.2, 0) is 17.6 Å². The lowest BCUT2D eigenvalue weighted by atomic mass is 9.95. The summed E-state index contributed by atoms with van der Waals surface area (Å²) in [4.78, 5) is 23.9. The van der Waals surface area contributed by atoms with Crippen LogP contribution in [0.25, 0.3) is 11.4 Å². The van der Waals surface area contributed by atoms with E-state index in [1.807, 2.05) is 31.2 Å². The van der Waals surface area contributed by atoms with Crippen LogP contribution in [0.5, 0.6) is 0 Å². The molecule has 0 unspecified atom stereocenters. The van der Waals surface area contributed by atoms with Gasteiger partial charge in [0.25, 0.3) is 0 Å². The Morgan fingerprint density at radius 1 is 1.11 bits per heavy atom. The van der Waals surface area contributed by atoms with E-state index in [9.17, 15) is 4.79 Å². The minimum atomic E-state index is -0.199. The first-order chi connectivity index (χ1) is 13.7. The average molecular weight is 381 g/mol. The van der Waals surface area contributed by atoms with Gasteiger partial charge in [0, 0.05) is 42.1 Å². The molecule has 2 N–H and O–H groups in total. The largest absolute Gasteiger partial charge is 0.378 e. The lowest BCUT2D eigenvalue weighted by molar-refractivity contribution is 0.122. The number of nitrogens with one attached hydrogen (secondary N) is 2. The van der Waals surface area contributed by atoms with Crippen molar-refractivity contribution in [3.8, 4) is 11.4 Å². The third kappa shape index (κ3) is 4.09. The molecule has 2 aliphatic rings. The van der Waals surface area contributed by atoms with Gasteiger partial charge in [-0.2, -0.15) is 0 Å². The van der Waals surface area contributed by atoms with E-state index < -0.39 is 0 Å². The van der Waals surface area contributed by atoms with E-state index in [2.05, 4.69) is 15.5 Å². The summed E-state index contributed by atoms with van der Waals surface area (Å²) in [7, 11) is 0. The summed E-state index contributed by atoms with van der Waals surface area (Å²) < 4.78 is 5.52. The second kappa shape index (κ2) is 8.56. The van der Waals surface area contributed by atoms with Gasteiger partial charge in [-0.1, -0.05) is 0 Å². The van der Waals surface area contributed by atoms with Crippen LogP contribution < -0.4 is 15.5 Å². The third-order valence-electron chi connectivity index (χ3n) is 5.21. The summed E-state index contributed by atoms with van der Waals surface area (Å²) in [5.74, 6) is 1.83. The lowest BCUT2D eigenvalue weighted by Crippen LogP contribution is -2.38. The molecular formula is C21H27N5O2. The van der Waals surface area contributed by atoms with Crippen LogP contribution >= 0.6 is 0 Å². The number of hydrogen-bond donors (Lipinski definition) is 2. The van der Waals surface area contributed by atoms with E-state index in [1.54, 1.807) is 0 Å². The van der Waals surface area contributed by atoms with Gasteiger partial charge in [-0.05, 0) is 56.9 Å². The molecule has 1 aromatic carbocycles. The topological polar surface area (TPSA) is 79.4 Å². The minimum Gasteiger partial charge on any atom is -0.378 e. The van der Waals surface area contributed by atoms with Crippen LogP contribution in [0.4, 0.5) is 16.3 Å². The highest BCUT2D eigenvalue weighted by Crippen LogP contribution is 2.31. The SMILES string of the molecule is CCNC(=O)Nc1ccc(-c2nc3c(c(N4CCOCC4)n2)CCCC3)cc1. The van der Waals surface area contributed by atoms with Crippen molar-refractivity contribution in [1.29, 1.82) is 0 Å². The highest BCUT2D eigenvalue weighted by molar-refractivity contribution is 5.89. The van der Waals surface area contributed by atoms with Crippen LogP contribution in [0.1, 0.15) is 31.0 Å². The Labute approximate surface area is 165 Å². The van der Waals surface area contributed by atoms with E-state index in [0.717, 1.165) is 62.0 Å². The van der Waals surface area contributed by atoms with Crippen molar-refractivity contribution in [3.05, 3.63) is 35.5 Å². The zero-order chi connectivity index (χ0) is 19.3. The van der Waals surface area contributed by atoms with Crippen molar-refractivity contribution in [1.82, 2.24) is 15.3 Å². The molecule has 1 fully saturated rings. The zero-order valence-electron chi connectivity index (χ0n) is 16.3. The predicted molar refractivity (Wildman–Crippen MR) is 110 cm³/mol. The number of amides is 2. The Hall–Kier alpha value is -2.67. The second-order valence-electron chi connectivity index (χ2n) is 7.16. The van der Waals surface area contributed by atoms with E-state index in [0.29, 0.717) is 6.54 Å². The number of fused-ring (bicyclic) bond motifs is 1. The van der Waals surface area contributed by atoms with E-state index in [-0.39, 0.29) is 6.03 Å². The molecule has 7 nitrogen and oxygen atoms in total. The van der Waals surface area contributed by atoms with Gasteiger partial charge in [-0.25, -0.2) is 14.8 Å². The molecule has 0 atom stereocenters. The fraction of sp³-hybridized carbons (Fsp3) is 0.476. The molecule has 1 aliphatic carbocycles. The number of aryl methyl sites for hydroxylation is 1. The van der Waals surface area contributed by atoms with Crippen LogP contribution in [0.15, 0.2) is 24.3 Å². The maximum Gasteiger partial charge on any atom is 0.319 e. The number of benzene rings is 1.